The summed E-state index contributed by atoms with van der Waals surface area (Å²) in [6.07, 6.45) is 4.41. The molecule has 0 spiro atoms. The summed E-state index contributed by atoms with van der Waals surface area (Å²) in [6.45, 7) is -0.00318. The third-order valence-corrected chi connectivity index (χ3v) is 2.90. The van der Waals surface area contributed by atoms with E-state index in [9.17, 15) is 9.18 Å². The number of carbonyl (C=O) groups is 1. The smallest absolute Gasteiger partial charge is 0.340 e. The molecule has 0 amide bonds. The first-order valence-electron chi connectivity index (χ1n) is 5.23. The molecule has 0 atom stereocenters. The zero-order valence-electron chi connectivity index (χ0n) is 9.64. The molecule has 0 radical (unpaired) electrons. The number of nitrogens with zero attached hydrogens (tertiary/aromatic N) is 2. The molecule has 7 heteroatoms. The average Bonchev–Trinajstić information content (AvgIpc) is 2.41. The van der Waals surface area contributed by atoms with Crippen LogP contribution < -0.4 is 5.73 Å². The highest BCUT2D eigenvalue weighted by atomic mass is 79.9. The van der Waals surface area contributed by atoms with Gasteiger partial charge in [0.15, 0.2) is 0 Å². The quantitative estimate of drug-likeness (QED) is 0.692. The fourth-order valence-corrected chi connectivity index (χ4v) is 1.73. The molecule has 1 aromatic heterocycles. The van der Waals surface area contributed by atoms with Crippen LogP contribution in [0.5, 0.6) is 0 Å². The minimum absolute atomic E-state index is 0.00318. The number of rotatable bonds is 3. The first-order chi connectivity index (χ1) is 9.08. The van der Waals surface area contributed by atoms with Crippen LogP contribution in [0.25, 0.3) is 0 Å². The molecule has 0 unspecified atom stereocenters. The van der Waals surface area contributed by atoms with Gasteiger partial charge in [-0.15, -0.1) is 0 Å². The summed E-state index contributed by atoms with van der Waals surface area (Å²) in [4.78, 5) is 19.3. The lowest BCUT2D eigenvalue weighted by Crippen LogP contribution is -2.09. The van der Waals surface area contributed by atoms with Gasteiger partial charge >= 0.3 is 5.97 Å². The first-order valence-corrected chi connectivity index (χ1v) is 6.02. The van der Waals surface area contributed by atoms with Gasteiger partial charge in [0.1, 0.15) is 18.8 Å². The SMILES string of the molecule is Nc1cc(Br)c(F)cc1C(=O)OCc1cncnc1. The molecule has 0 aliphatic rings. The highest BCUT2D eigenvalue weighted by Crippen LogP contribution is 2.23. The van der Waals surface area contributed by atoms with E-state index in [-0.39, 0.29) is 22.3 Å². The van der Waals surface area contributed by atoms with Crippen LogP contribution in [0.2, 0.25) is 0 Å². The summed E-state index contributed by atoms with van der Waals surface area (Å²) in [5.74, 6) is -1.28. The van der Waals surface area contributed by atoms with Gasteiger partial charge in [-0.2, -0.15) is 0 Å². The Hall–Kier alpha value is -2.02. The van der Waals surface area contributed by atoms with Crippen LogP contribution >= 0.6 is 15.9 Å². The van der Waals surface area contributed by atoms with Crippen molar-refractivity contribution in [3.8, 4) is 0 Å². The number of nitrogen functional groups attached to an aromatic ring is 1. The number of hydrogen-bond acceptors (Lipinski definition) is 5. The molecule has 2 rings (SSSR count). The number of hydrogen-bond donors (Lipinski definition) is 1. The summed E-state index contributed by atoms with van der Waals surface area (Å²) >= 11 is 2.98. The molecular weight excluding hydrogens is 317 g/mol. The molecule has 0 aliphatic carbocycles. The lowest BCUT2D eigenvalue weighted by Gasteiger charge is -2.07. The van der Waals surface area contributed by atoms with E-state index >= 15 is 0 Å². The van der Waals surface area contributed by atoms with E-state index in [2.05, 4.69) is 25.9 Å². The lowest BCUT2D eigenvalue weighted by molar-refractivity contribution is 0.0472. The van der Waals surface area contributed by atoms with Crippen LogP contribution in [-0.4, -0.2) is 15.9 Å². The topological polar surface area (TPSA) is 78.1 Å². The minimum Gasteiger partial charge on any atom is -0.457 e. The predicted molar refractivity (Wildman–Crippen MR) is 69.7 cm³/mol. The summed E-state index contributed by atoms with van der Waals surface area (Å²) in [5, 5.41) is 0. The van der Waals surface area contributed by atoms with Crippen LogP contribution in [0.15, 0.2) is 35.3 Å². The summed E-state index contributed by atoms with van der Waals surface area (Å²) in [5.41, 5.74) is 6.39. The number of esters is 1. The summed E-state index contributed by atoms with van der Waals surface area (Å²) in [7, 11) is 0. The van der Waals surface area contributed by atoms with E-state index in [0.717, 1.165) is 6.07 Å². The van der Waals surface area contributed by atoms with Gasteiger partial charge in [-0.1, -0.05) is 0 Å². The van der Waals surface area contributed by atoms with Crippen LogP contribution in [0.4, 0.5) is 10.1 Å². The van der Waals surface area contributed by atoms with Crippen LogP contribution in [-0.2, 0) is 11.3 Å². The van der Waals surface area contributed by atoms with Gasteiger partial charge < -0.3 is 10.5 Å². The largest absolute Gasteiger partial charge is 0.457 e. The van der Waals surface area contributed by atoms with Gasteiger partial charge in [0, 0.05) is 23.6 Å². The number of nitrogens with two attached hydrogens (primary N) is 1. The minimum atomic E-state index is -0.701. The maximum atomic E-state index is 13.4. The molecule has 0 saturated heterocycles. The Morgan fingerprint density at radius 3 is 2.74 bits per heavy atom. The van der Waals surface area contributed by atoms with E-state index in [1.807, 2.05) is 0 Å². The van der Waals surface area contributed by atoms with Gasteiger partial charge in [0.25, 0.3) is 0 Å². The van der Waals surface area contributed by atoms with Gasteiger partial charge in [-0.3, -0.25) is 0 Å². The van der Waals surface area contributed by atoms with Gasteiger partial charge in [-0.25, -0.2) is 19.2 Å². The van der Waals surface area contributed by atoms with E-state index in [0.29, 0.717) is 5.56 Å². The Kier molecular flexibility index (Phi) is 4.06. The maximum Gasteiger partial charge on any atom is 0.340 e. The molecule has 1 aromatic carbocycles. The summed E-state index contributed by atoms with van der Waals surface area (Å²) in [6, 6.07) is 2.35. The normalized spacial score (nSPS) is 10.2. The average molecular weight is 326 g/mol. The molecular formula is C12H9BrFN3O2. The van der Waals surface area contributed by atoms with Crippen molar-refractivity contribution in [1.82, 2.24) is 9.97 Å². The Morgan fingerprint density at radius 2 is 2.05 bits per heavy atom. The second kappa shape index (κ2) is 5.75. The van der Waals surface area contributed by atoms with Crippen molar-refractivity contribution in [3.05, 3.63) is 52.3 Å². The van der Waals surface area contributed by atoms with Gasteiger partial charge in [0.2, 0.25) is 0 Å². The third-order valence-electron chi connectivity index (χ3n) is 2.30. The lowest BCUT2D eigenvalue weighted by atomic mass is 10.2. The number of benzene rings is 1. The monoisotopic (exact) mass is 325 g/mol. The molecule has 0 saturated carbocycles. The molecule has 0 aliphatic heterocycles. The molecule has 19 heavy (non-hydrogen) atoms. The second-order valence-electron chi connectivity index (χ2n) is 3.68. The van der Waals surface area contributed by atoms with E-state index < -0.39 is 11.8 Å². The number of halogens is 2. The highest BCUT2D eigenvalue weighted by Gasteiger charge is 2.14. The summed E-state index contributed by atoms with van der Waals surface area (Å²) < 4.78 is 18.6. The number of ether oxygens (including phenoxy) is 1. The van der Waals surface area contributed by atoms with Crippen molar-refractivity contribution >= 4 is 27.6 Å². The molecule has 0 bridgehead atoms. The standard InChI is InChI=1S/C12H9BrFN3O2/c13-9-2-11(15)8(1-10(9)14)12(18)19-5-7-3-16-6-17-4-7/h1-4,6H,5,15H2. The molecule has 0 fully saturated rings. The van der Waals surface area contributed by atoms with Crippen molar-refractivity contribution in [3.63, 3.8) is 0 Å². The predicted octanol–water partition coefficient (Wildman–Crippen LogP) is 2.32. The third kappa shape index (κ3) is 3.25. The molecule has 1 heterocycles. The first kappa shape index (κ1) is 13.4. The Balaban J connectivity index is 2.10. The Labute approximate surface area is 116 Å². The number of aromatic nitrogens is 2. The number of carbonyl (C=O) groups excluding carboxylic acids is 1. The zero-order chi connectivity index (χ0) is 13.8. The highest BCUT2D eigenvalue weighted by molar-refractivity contribution is 9.10. The molecule has 5 nitrogen and oxygen atoms in total. The van der Waals surface area contributed by atoms with Crippen LogP contribution in [0.1, 0.15) is 15.9 Å². The van der Waals surface area contributed by atoms with Crippen molar-refractivity contribution in [2.24, 2.45) is 0 Å². The van der Waals surface area contributed by atoms with Gasteiger partial charge in [0.05, 0.1) is 10.0 Å². The van der Waals surface area contributed by atoms with E-state index in [1.54, 1.807) is 0 Å². The van der Waals surface area contributed by atoms with Crippen molar-refractivity contribution in [1.29, 1.82) is 0 Å². The fourth-order valence-electron chi connectivity index (χ4n) is 1.37. The van der Waals surface area contributed by atoms with Crippen LogP contribution in [0.3, 0.4) is 0 Å². The van der Waals surface area contributed by atoms with E-state index in [4.69, 9.17) is 10.5 Å². The Morgan fingerprint density at radius 1 is 1.37 bits per heavy atom. The van der Waals surface area contributed by atoms with Crippen molar-refractivity contribution in [2.75, 3.05) is 5.73 Å². The van der Waals surface area contributed by atoms with Crippen molar-refractivity contribution in [2.45, 2.75) is 6.61 Å². The fraction of sp³-hybridized carbons (Fsp3) is 0.0833. The van der Waals surface area contributed by atoms with Crippen LogP contribution in [0, 0.1) is 5.82 Å². The maximum absolute atomic E-state index is 13.4. The van der Waals surface area contributed by atoms with Crippen molar-refractivity contribution < 1.29 is 13.9 Å². The zero-order valence-corrected chi connectivity index (χ0v) is 11.2. The van der Waals surface area contributed by atoms with Gasteiger partial charge in [-0.05, 0) is 28.1 Å². The second-order valence-corrected chi connectivity index (χ2v) is 4.53. The Bertz CT molecular complexity index is 607. The van der Waals surface area contributed by atoms with E-state index in [1.165, 1.54) is 24.8 Å². The molecule has 2 aromatic rings. The molecule has 98 valence electrons. The number of anilines is 1. The molecule has 2 N–H and O–H groups in total.